The Hall–Kier alpha value is -1.81. The first-order valence-corrected chi connectivity index (χ1v) is 7.35. The van der Waals surface area contributed by atoms with Crippen LogP contribution in [-0.4, -0.2) is 14.7 Å². The second kappa shape index (κ2) is 4.94. The topological polar surface area (TPSA) is 38.0 Å². The summed E-state index contributed by atoms with van der Waals surface area (Å²) in [4.78, 5) is 4.69. The van der Waals surface area contributed by atoms with Crippen molar-refractivity contribution in [1.82, 2.24) is 9.55 Å². The fraction of sp³-hybridized carbons (Fsp3) is 0.188. The van der Waals surface area contributed by atoms with Crippen LogP contribution in [0.3, 0.4) is 0 Å². The highest BCUT2D eigenvalue weighted by Gasteiger charge is 2.14. The van der Waals surface area contributed by atoms with Crippen molar-refractivity contribution >= 4 is 27.0 Å². The molecule has 0 aliphatic rings. The molecule has 0 amide bonds. The molecular weight excluding hydrogens is 316 g/mol. The number of aryl methyl sites for hydroxylation is 2. The summed E-state index contributed by atoms with van der Waals surface area (Å²) >= 11 is 3.36. The van der Waals surface area contributed by atoms with Crippen LogP contribution < -0.4 is 0 Å². The van der Waals surface area contributed by atoms with Gasteiger partial charge in [-0.15, -0.1) is 0 Å². The molecule has 0 unspecified atom stereocenters. The molecular formula is C16H15BrN2O. The Morgan fingerprint density at radius 3 is 2.70 bits per heavy atom. The van der Waals surface area contributed by atoms with Gasteiger partial charge in [0.1, 0.15) is 11.6 Å². The van der Waals surface area contributed by atoms with Crippen LogP contribution in [0.25, 0.3) is 22.4 Å². The van der Waals surface area contributed by atoms with Gasteiger partial charge in [-0.25, -0.2) is 4.98 Å². The van der Waals surface area contributed by atoms with Crippen LogP contribution in [0, 0.1) is 6.92 Å². The highest BCUT2D eigenvalue weighted by Crippen LogP contribution is 2.33. The van der Waals surface area contributed by atoms with Gasteiger partial charge in [-0.2, -0.15) is 0 Å². The van der Waals surface area contributed by atoms with Gasteiger partial charge in [0.2, 0.25) is 0 Å². The molecule has 0 aliphatic carbocycles. The lowest BCUT2D eigenvalue weighted by atomic mass is 10.2. The summed E-state index contributed by atoms with van der Waals surface area (Å²) < 4.78 is 2.98. The third-order valence-corrected chi connectivity index (χ3v) is 3.91. The Bertz CT molecular complexity index is 793. The molecule has 0 aliphatic heterocycles. The number of imidazole rings is 1. The summed E-state index contributed by atoms with van der Waals surface area (Å²) in [6.45, 7) is 4.95. The Morgan fingerprint density at radius 1 is 1.20 bits per heavy atom. The van der Waals surface area contributed by atoms with E-state index in [1.54, 1.807) is 6.07 Å². The zero-order valence-electron chi connectivity index (χ0n) is 11.4. The van der Waals surface area contributed by atoms with Crippen molar-refractivity contribution < 1.29 is 5.11 Å². The zero-order valence-corrected chi connectivity index (χ0v) is 13.0. The summed E-state index contributed by atoms with van der Waals surface area (Å²) in [5, 5.41) is 10.2. The van der Waals surface area contributed by atoms with Crippen molar-refractivity contribution in [1.29, 1.82) is 0 Å². The lowest BCUT2D eigenvalue weighted by molar-refractivity contribution is 0.476. The second-order valence-electron chi connectivity index (χ2n) is 4.83. The van der Waals surface area contributed by atoms with Gasteiger partial charge >= 0.3 is 0 Å². The minimum atomic E-state index is 0.237. The molecule has 3 rings (SSSR count). The molecule has 3 aromatic rings. The van der Waals surface area contributed by atoms with Crippen molar-refractivity contribution in [2.45, 2.75) is 20.4 Å². The van der Waals surface area contributed by atoms with E-state index in [9.17, 15) is 5.11 Å². The molecule has 1 N–H and O–H groups in total. The molecule has 0 spiro atoms. The van der Waals surface area contributed by atoms with E-state index in [0.717, 1.165) is 33.4 Å². The van der Waals surface area contributed by atoms with Gasteiger partial charge in [-0.1, -0.05) is 22.0 Å². The average Bonchev–Trinajstić information content (AvgIpc) is 2.75. The fourth-order valence-corrected chi connectivity index (χ4v) is 2.81. The largest absolute Gasteiger partial charge is 0.507 e. The van der Waals surface area contributed by atoms with E-state index in [1.807, 2.05) is 12.1 Å². The molecule has 2 aromatic carbocycles. The minimum Gasteiger partial charge on any atom is -0.507 e. The molecule has 102 valence electrons. The molecule has 0 saturated heterocycles. The summed E-state index contributed by atoms with van der Waals surface area (Å²) in [5.41, 5.74) is 3.99. The molecule has 0 saturated carbocycles. The highest BCUT2D eigenvalue weighted by atomic mass is 79.9. The predicted octanol–water partition coefficient (Wildman–Crippen LogP) is 4.50. The number of nitrogens with zero attached hydrogens (tertiary/aromatic N) is 2. The summed E-state index contributed by atoms with van der Waals surface area (Å²) in [7, 11) is 0. The first-order valence-electron chi connectivity index (χ1n) is 6.56. The third kappa shape index (κ3) is 2.10. The Kier molecular flexibility index (Phi) is 3.26. The average molecular weight is 331 g/mol. The molecule has 1 aromatic heterocycles. The van der Waals surface area contributed by atoms with E-state index in [0.29, 0.717) is 0 Å². The van der Waals surface area contributed by atoms with Crippen LogP contribution in [0.4, 0.5) is 0 Å². The van der Waals surface area contributed by atoms with Crippen molar-refractivity contribution in [3.05, 3.63) is 46.4 Å². The Labute approximate surface area is 126 Å². The number of benzene rings is 2. The normalized spacial score (nSPS) is 11.2. The lowest BCUT2D eigenvalue weighted by Crippen LogP contribution is -1.97. The van der Waals surface area contributed by atoms with Crippen LogP contribution >= 0.6 is 15.9 Å². The number of hydrogen-bond acceptors (Lipinski definition) is 2. The molecule has 0 atom stereocenters. The number of aromatic hydroxyl groups is 1. The summed E-state index contributed by atoms with van der Waals surface area (Å²) in [6, 6.07) is 11.7. The monoisotopic (exact) mass is 330 g/mol. The van der Waals surface area contributed by atoms with E-state index in [1.165, 1.54) is 5.56 Å². The molecule has 0 radical (unpaired) electrons. The number of hydrogen-bond donors (Lipinski definition) is 1. The van der Waals surface area contributed by atoms with Crippen LogP contribution in [0.5, 0.6) is 5.75 Å². The van der Waals surface area contributed by atoms with E-state index in [-0.39, 0.29) is 5.75 Å². The number of phenolic OH excluding ortho intramolecular Hbond substituents is 1. The molecule has 20 heavy (non-hydrogen) atoms. The molecule has 0 fully saturated rings. The number of phenols is 1. The minimum absolute atomic E-state index is 0.237. The number of rotatable bonds is 2. The molecule has 1 heterocycles. The van der Waals surface area contributed by atoms with Crippen molar-refractivity contribution in [2.24, 2.45) is 0 Å². The lowest BCUT2D eigenvalue weighted by Gasteiger charge is -2.08. The zero-order chi connectivity index (χ0) is 14.3. The molecule has 3 nitrogen and oxygen atoms in total. The van der Waals surface area contributed by atoms with E-state index in [4.69, 9.17) is 4.98 Å². The summed E-state index contributed by atoms with van der Waals surface area (Å²) in [6.07, 6.45) is 0. The van der Waals surface area contributed by atoms with Crippen LogP contribution in [0.2, 0.25) is 0 Å². The maximum atomic E-state index is 10.2. The highest BCUT2D eigenvalue weighted by molar-refractivity contribution is 9.10. The molecule has 4 heteroatoms. The maximum Gasteiger partial charge on any atom is 0.144 e. The van der Waals surface area contributed by atoms with E-state index in [2.05, 4.69) is 52.5 Å². The van der Waals surface area contributed by atoms with Crippen molar-refractivity contribution in [3.8, 4) is 17.1 Å². The quantitative estimate of drug-likeness (QED) is 0.751. The van der Waals surface area contributed by atoms with Crippen LogP contribution in [0.15, 0.2) is 40.9 Å². The van der Waals surface area contributed by atoms with Gasteiger partial charge in [0, 0.05) is 11.0 Å². The second-order valence-corrected chi connectivity index (χ2v) is 5.75. The van der Waals surface area contributed by atoms with Gasteiger partial charge in [0.15, 0.2) is 0 Å². The Morgan fingerprint density at radius 2 is 2.00 bits per heavy atom. The molecule has 0 bridgehead atoms. The third-order valence-electron chi connectivity index (χ3n) is 3.42. The maximum absolute atomic E-state index is 10.2. The SMILES string of the molecule is CCn1c(-c2ccc(Br)cc2O)nc2cc(C)ccc21. The van der Waals surface area contributed by atoms with Crippen LogP contribution in [0.1, 0.15) is 12.5 Å². The predicted molar refractivity (Wildman–Crippen MR) is 84.9 cm³/mol. The van der Waals surface area contributed by atoms with Gasteiger partial charge < -0.3 is 9.67 Å². The number of halogens is 1. The van der Waals surface area contributed by atoms with Gasteiger partial charge in [0.05, 0.1) is 16.6 Å². The van der Waals surface area contributed by atoms with Crippen molar-refractivity contribution in [3.63, 3.8) is 0 Å². The van der Waals surface area contributed by atoms with Gasteiger partial charge in [0.25, 0.3) is 0 Å². The van der Waals surface area contributed by atoms with Crippen LogP contribution in [-0.2, 0) is 6.54 Å². The standard InChI is InChI=1S/C16H15BrN2O/c1-3-19-14-7-4-10(2)8-13(14)18-16(19)12-6-5-11(17)9-15(12)20/h4-9,20H,3H2,1-2H3. The smallest absolute Gasteiger partial charge is 0.144 e. The number of fused-ring (bicyclic) bond motifs is 1. The number of aromatic nitrogens is 2. The van der Waals surface area contributed by atoms with E-state index >= 15 is 0 Å². The van der Waals surface area contributed by atoms with E-state index < -0.39 is 0 Å². The summed E-state index contributed by atoms with van der Waals surface area (Å²) in [5.74, 6) is 1.04. The Balaban J connectivity index is 2.30. The first-order chi connectivity index (χ1) is 9.60. The van der Waals surface area contributed by atoms with Gasteiger partial charge in [-0.3, -0.25) is 0 Å². The first kappa shape index (κ1) is 13.2. The van der Waals surface area contributed by atoms with Crippen molar-refractivity contribution in [2.75, 3.05) is 0 Å². The fourth-order valence-electron chi connectivity index (χ4n) is 2.46. The van der Waals surface area contributed by atoms with Gasteiger partial charge in [-0.05, 0) is 49.7 Å².